The highest BCUT2D eigenvalue weighted by molar-refractivity contribution is 6.10. The van der Waals surface area contributed by atoms with E-state index >= 15 is 0 Å². The molecular weight excluding hydrogens is 426 g/mol. The number of nitrogens with one attached hydrogen (secondary N) is 2. The summed E-state index contributed by atoms with van der Waals surface area (Å²) in [6.45, 7) is 7.84. The summed E-state index contributed by atoms with van der Waals surface area (Å²) in [6.07, 6.45) is -0.475. The number of carbonyl (C=O) groups is 2. The molecule has 4 N–H and O–H groups in total. The summed E-state index contributed by atoms with van der Waals surface area (Å²) in [4.78, 5) is 27.8. The number of hydrogen-bond acceptors (Lipinski definition) is 3. The van der Waals surface area contributed by atoms with Crippen molar-refractivity contribution in [1.29, 1.82) is 0 Å². The Kier molecular flexibility index (Phi) is 6.16. The normalized spacial score (nSPS) is 11.4. The zero-order chi connectivity index (χ0) is 24.5. The molecule has 0 aliphatic carbocycles. The van der Waals surface area contributed by atoms with Crippen LogP contribution in [0.2, 0.25) is 0 Å². The minimum absolute atomic E-state index is 0.299. The molecule has 0 atom stereocenters. The molecule has 0 saturated carbocycles. The van der Waals surface area contributed by atoms with Gasteiger partial charge in [-0.2, -0.15) is 0 Å². The molecule has 0 fully saturated rings. The van der Waals surface area contributed by atoms with Crippen LogP contribution in [0, 0.1) is 6.92 Å². The third-order valence-electron chi connectivity index (χ3n) is 5.62. The third-order valence-corrected chi connectivity index (χ3v) is 5.62. The van der Waals surface area contributed by atoms with Crippen LogP contribution in [0.4, 0.5) is 4.79 Å². The van der Waals surface area contributed by atoms with E-state index in [0.29, 0.717) is 17.6 Å². The number of hydrogen-bond donors (Lipinski definition) is 3. The smallest absolute Gasteiger partial charge is 0.407 e. The summed E-state index contributed by atoms with van der Waals surface area (Å²) in [5, 5.41) is 3.74. The zero-order valence-corrected chi connectivity index (χ0v) is 19.9. The molecule has 0 unspecified atom stereocenters. The van der Waals surface area contributed by atoms with Crippen LogP contribution in [0.1, 0.15) is 42.3 Å². The fourth-order valence-electron chi connectivity index (χ4n) is 4.10. The van der Waals surface area contributed by atoms with Crippen molar-refractivity contribution >= 4 is 22.9 Å². The van der Waals surface area contributed by atoms with Crippen LogP contribution in [0.3, 0.4) is 0 Å². The molecule has 0 aliphatic heterocycles. The van der Waals surface area contributed by atoms with Crippen molar-refractivity contribution in [2.45, 2.75) is 39.8 Å². The van der Waals surface area contributed by atoms with Crippen LogP contribution in [0.25, 0.3) is 33.3 Å². The van der Waals surface area contributed by atoms with Gasteiger partial charge in [0.2, 0.25) is 0 Å². The predicted octanol–water partition coefficient (Wildman–Crippen LogP) is 5.93. The second-order valence-corrected chi connectivity index (χ2v) is 9.32. The lowest BCUT2D eigenvalue weighted by molar-refractivity contribution is 0.0523. The largest absolute Gasteiger partial charge is 0.444 e. The number of ether oxygens (including phenoxy) is 1. The van der Waals surface area contributed by atoms with E-state index in [1.54, 1.807) is 6.07 Å². The minimum atomic E-state index is -0.572. The first-order chi connectivity index (χ1) is 16.1. The van der Waals surface area contributed by atoms with Crippen LogP contribution in [-0.2, 0) is 11.3 Å². The number of rotatable bonds is 5. The molecular formula is C28H29N3O3. The Morgan fingerprint density at radius 2 is 1.62 bits per heavy atom. The van der Waals surface area contributed by atoms with Crippen molar-refractivity contribution in [2.75, 3.05) is 0 Å². The molecule has 0 bridgehead atoms. The van der Waals surface area contributed by atoms with E-state index in [0.717, 1.165) is 38.9 Å². The van der Waals surface area contributed by atoms with E-state index < -0.39 is 17.6 Å². The van der Waals surface area contributed by atoms with E-state index in [-0.39, 0.29) is 0 Å². The number of amides is 2. The maximum absolute atomic E-state index is 12.2. The van der Waals surface area contributed by atoms with Gasteiger partial charge in [-0.25, -0.2) is 4.79 Å². The fourth-order valence-corrected chi connectivity index (χ4v) is 4.10. The molecule has 0 spiro atoms. The lowest BCUT2D eigenvalue weighted by atomic mass is 9.95. The molecule has 1 heterocycles. The third kappa shape index (κ3) is 4.81. The topological polar surface area (TPSA) is 97.2 Å². The van der Waals surface area contributed by atoms with E-state index in [1.165, 1.54) is 0 Å². The number of carbonyl (C=O) groups excluding carboxylic acids is 2. The van der Waals surface area contributed by atoms with Gasteiger partial charge in [0.1, 0.15) is 5.60 Å². The summed E-state index contributed by atoms with van der Waals surface area (Å²) in [5.41, 5.74) is 12.2. The maximum atomic E-state index is 12.2. The van der Waals surface area contributed by atoms with E-state index in [4.69, 9.17) is 10.5 Å². The van der Waals surface area contributed by atoms with Gasteiger partial charge in [0.25, 0.3) is 5.91 Å². The molecule has 174 valence electrons. The molecule has 2 amide bonds. The summed E-state index contributed by atoms with van der Waals surface area (Å²) in [6, 6.07) is 21.7. The molecule has 0 saturated heterocycles. The van der Waals surface area contributed by atoms with Gasteiger partial charge in [-0.1, -0.05) is 54.6 Å². The highest BCUT2D eigenvalue weighted by Gasteiger charge is 2.19. The van der Waals surface area contributed by atoms with Crippen molar-refractivity contribution < 1.29 is 14.3 Å². The zero-order valence-electron chi connectivity index (χ0n) is 19.9. The van der Waals surface area contributed by atoms with E-state index in [2.05, 4.69) is 29.4 Å². The Morgan fingerprint density at radius 3 is 2.29 bits per heavy atom. The van der Waals surface area contributed by atoms with Crippen LogP contribution >= 0.6 is 0 Å². The second kappa shape index (κ2) is 9.06. The lowest BCUT2D eigenvalue weighted by Gasteiger charge is -2.20. The van der Waals surface area contributed by atoms with Crippen molar-refractivity contribution in [2.24, 2.45) is 5.73 Å². The van der Waals surface area contributed by atoms with Gasteiger partial charge >= 0.3 is 6.09 Å². The minimum Gasteiger partial charge on any atom is -0.444 e. The van der Waals surface area contributed by atoms with Crippen molar-refractivity contribution in [3.63, 3.8) is 0 Å². The van der Waals surface area contributed by atoms with Crippen LogP contribution in [0.5, 0.6) is 0 Å². The Labute approximate surface area is 199 Å². The summed E-state index contributed by atoms with van der Waals surface area (Å²) in [5.74, 6) is -0.491. The Balaban J connectivity index is 1.79. The van der Waals surface area contributed by atoms with Gasteiger partial charge in [0.15, 0.2) is 0 Å². The molecule has 0 aliphatic rings. The van der Waals surface area contributed by atoms with Gasteiger partial charge in [-0.3, -0.25) is 4.79 Å². The monoisotopic (exact) mass is 455 g/mol. The Bertz CT molecular complexity index is 1380. The van der Waals surface area contributed by atoms with Crippen molar-refractivity contribution in [3.05, 3.63) is 83.4 Å². The van der Waals surface area contributed by atoms with Gasteiger partial charge < -0.3 is 20.8 Å². The SMILES string of the molecule is Cc1ccccc1-c1ccc(C(N)=O)c2[nH]c(-c3ccccc3CNC(=O)OC(C)(C)C)cc12. The Morgan fingerprint density at radius 1 is 0.941 bits per heavy atom. The van der Waals surface area contributed by atoms with E-state index in [1.807, 2.05) is 69.3 Å². The number of alkyl carbamates (subject to hydrolysis) is 1. The van der Waals surface area contributed by atoms with Crippen molar-refractivity contribution in [3.8, 4) is 22.4 Å². The molecule has 4 rings (SSSR count). The molecule has 6 nitrogen and oxygen atoms in total. The number of benzene rings is 3. The first-order valence-corrected chi connectivity index (χ1v) is 11.2. The van der Waals surface area contributed by atoms with Crippen molar-refractivity contribution in [1.82, 2.24) is 10.3 Å². The second-order valence-electron chi connectivity index (χ2n) is 9.32. The van der Waals surface area contributed by atoms with Crippen LogP contribution in [-0.4, -0.2) is 22.6 Å². The number of H-pyrrole nitrogens is 1. The maximum Gasteiger partial charge on any atom is 0.407 e. The molecule has 1 aromatic heterocycles. The quantitative estimate of drug-likeness (QED) is 0.348. The van der Waals surface area contributed by atoms with Gasteiger partial charge in [-0.15, -0.1) is 0 Å². The van der Waals surface area contributed by atoms with E-state index in [9.17, 15) is 9.59 Å². The van der Waals surface area contributed by atoms with Gasteiger partial charge in [0.05, 0.1) is 11.1 Å². The average Bonchev–Trinajstić information content (AvgIpc) is 3.21. The highest BCUT2D eigenvalue weighted by atomic mass is 16.6. The predicted molar refractivity (Wildman–Crippen MR) is 135 cm³/mol. The Hall–Kier alpha value is -4.06. The molecule has 3 aromatic carbocycles. The van der Waals surface area contributed by atoms with Crippen LogP contribution < -0.4 is 11.1 Å². The number of aromatic amines is 1. The molecule has 4 aromatic rings. The number of fused-ring (bicyclic) bond motifs is 1. The summed E-state index contributed by atoms with van der Waals surface area (Å²) >= 11 is 0. The number of aryl methyl sites for hydroxylation is 1. The molecule has 6 heteroatoms. The fraction of sp³-hybridized carbons (Fsp3) is 0.214. The number of aromatic nitrogens is 1. The first kappa shape index (κ1) is 23.1. The van der Waals surface area contributed by atoms with Crippen LogP contribution in [0.15, 0.2) is 66.7 Å². The number of nitrogens with two attached hydrogens (primary N) is 1. The molecule has 34 heavy (non-hydrogen) atoms. The summed E-state index contributed by atoms with van der Waals surface area (Å²) in [7, 11) is 0. The van der Waals surface area contributed by atoms with Gasteiger partial charge in [0, 0.05) is 23.2 Å². The highest BCUT2D eigenvalue weighted by Crippen LogP contribution is 2.36. The number of primary amides is 1. The molecule has 0 radical (unpaired) electrons. The lowest BCUT2D eigenvalue weighted by Crippen LogP contribution is -2.32. The summed E-state index contributed by atoms with van der Waals surface area (Å²) < 4.78 is 5.36. The van der Waals surface area contributed by atoms with Gasteiger partial charge in [-0.05, 0) is 62.1 Å². The standard InChI is InChI=1S/C28H29N3O3/c1-17-9-5-7-11-19(17)21-13-14-22(26(29)32)25-23(21)15-24(31-25)20-12-8-6-10-18(20)16-30-27(33)34-28(2,3)4/h5-15,31H,16H2,1-4H3,(H2,29,32)(H,30,33). The first-order valence-electron chi connectivity index (χ1n) is 11.2. The average molecular weight is 456 g/mol.